The van der Waals surface area contributed by atoms with E-state index in [-0.39, 0.29) is 11.8 Å². The van der Waals surface area contributed by atoms with Crippen molar-refractivity contribution in [1.29, 1.82) is 0 Å². The quantitative estimate of drug-likeness (QED) is 0.639. The summed E-state index contributed by atoms with van der Waals surface area (Å²) in [5.41, 5.74) is 0. The summed E-state index contributed by atoms with van der Waals surface area (Å²) in [6.45, 7) is 2.03. The summed E-state index contributed by atoms with van der Waals surface area (Å²) in [5.74, 6) is 0.445. The summed E-state index contributed by atoms with van der Waals surface area (Å²) in [7, 11) is 0. The monoisotopic (exact) mass is 194 g/mol. The van der Waals surface area contributed by atoms with Crippen LogP contribution in [0.1, 0.15) is 25.7 Å². The number of carbonyl (C=O) groups is 1. The van der Waals surface area contributed by atoms with Gasteiger partial charge in [0.2, 0.25) is 5.91 Å². The van der Waals surface area contributed by atoms with Crippen LogP contribution in [0.25, 0.3) is 0 Å². The third-order valence-corrected chi connectivity index (χ3v) is 3.02. The summed E-state index contributed by atoms with van der Waals surface area (Å²) in [4.78, 5) is 11.7. The van der Waals surface area contributed by atoms with E-state index in [0.717, 1.165) is 32.4 Å². The highest BCUT2D eigenvalue weighted by Crippen LogP contribution is 2.18. The van der Waals surface area contributed by atoms with Gasteiger partial charge < -0.3 is 10.6 Å². The zero-order chi connectivity index (χ0) is 9.80. The number of hydrogen-bond acceptors (Lipinski definition) is 2. The molecule has 1 atom stereocenters. The van der Waals surface area contributed by atoms with Crippen molar-refractivity contribution in [3.63, 3.8) is 0 Å². The van der Waals surface area contributed by atoms with E-state index in [2.05, 4.69) is 22.8 Å². The molecule has 0 saturated carbocycles. The summed E-state index contributed by atoms with van der Waals surface area (Å²) in [5, 5.41) is 6.42. The number of allylic oxidation sites excluding steroid dienone is 2. The average Bonchev–Trinajstić information content (AvgIpc) is 2.72. The van der Waals surface area contributed by atoms with E-state index in [0.29, 0.717) is 6.04 Å². The van der Waals surface area contributed by atoms with Crippen LogP contribution in [-0.4, -0.2) is 25.0 Å². The van der Waals surface area contributed by atoms with Crippen LogP contribution in [-0.2, 0) is 4.79 Å². The Labute approximate surface area is 84.9 Å². The molecule has 3 nitrogen and oxygen atoms in total. The van der Waals surface area contributed by atoms with Gasteiger partial charge in [-0.05, 0) is 32.2 Å². The maximum absolute atomic E-state index is 11.7. The van der Waals surface area contributed by atoms with Gasteiger partial charge in [0.15, 0.2) is 0 Å². The molecule has 2 aliphatic rings. The smallest absolute Gasteiger partial charge is 0.223 e. The van der Waals surface area contributed by atoms with E-state index >= 15 is 0 Å². The first-order chi connectivity index (χ1) is 6.86. The minimum absolute atomic E-state index is 0.205. The van der Waals surface area contributed by atoms with Crippen LogP contribution in [0, 0.1) is 5.92 Å². The summed E-state index contributed by atoms with van der Waals surface area (Å²) >= 11 is 0. The second-order valence-electron chi connectivity index (χ2n) is 4.19. The lowest BCUT2D eigenvalue weighted by atomic mass is 10.0. The predicted octanol–water partition coefficient (Wildman–Crippen LogP) is 0.821. The molecule has 1 heterocycles. The first kappa shape index (κ1) is 9.71. The van der Waals surface area contributed by atoms with E-state index in [1.807, 2.05) is 0 Å². The minimum atomic E-state index is 0.205. The van der Waals surface area contributed by atoms with Crippen LogP contribution in [0.15, 0.2) is 12.2 Å². The summed E-state index contributed by atoms with van der Waals surface area (Å²) < 4.78 is 0. The van der Waals surface area contributed by atoms with Gasteiger partial charge in [0, 0.05) is 18.5 Å². The van der Waals surface area contributed by atoms with E-state index in [9.17, 15) is 4.79 Å². The lowest BCUT2D eigenvalue weighted by Gasteiger charge is -2.25. The number of rotatable bonds is 2. The maximum Gasteiger partial charge on any atom is 0.223 e. The van der Waals surface area contributed by atoms with E-state index in [4.69, 9.17) is 0 Å². The second kappa shape index (κ2) is 4.60. The fourth-order valence-electron chi connectivity index (χ4n) is 2.13. The highest BCUT2D eigenvalue weighted by atomic mass is 16.1. The molecule has 1 amide bonds. The molecular weight excluding hydrogens is 176 g/mol. The molecule has 14 heavy (non-hydrogen) atoms. The van der Waals surface area contributed by atoms with Crippen molar-refractivity contribution in [3.05, 3.63) is 12.2 Å². The Morgan fingerprint density at radius 1 is 1.36 bits per heavy atom. The molecule has 0 unspecified atom stereocenters. The average molecular weight is 194 g/mol. The molecule has 1 saturated heterocycles. The molecule has 0 radical (unpaired) electrons. The van der Waals surface area contributed by atoms with Gasteiger partial charge >= 0.3 is 0 Å². The maximum atomic E-state index is 11.7. The SMILES string of the molecule is O=C(N[C@H]1CCCNC1)C1CC=CC1. The standard InChI is InChI=1S/C11H18N2O/c14-11(9-4-1-2-5-9)13-10-6-3-7-12-8-10/h1-2,9-10,12H,3-8H2,(H,13,14)/t10-/m0/s1. The Hall–Kier alpha value is -0.830. The first-order valence-electron chi connectivity index (χ1n) is 5.52. The van der Waals surface area contributed by atoms with Gasteiger partial charge in [0.1, 0.15) is 0 Å². The molecule has 1 fully saturated rings. The van der Waals surface area contributed by atoms with Gasteiger partial charge in [-0.25, -0.2) is 0 Å². The van der Waals surface area contributed by atoms with Gasteiger partial charge in [0.05, 0.1) is 0 Å². The normalized spacial score (nSPS) is 27.9. The molecule has 1 aliphatic carbocycles. The Morgan fingerprint density at radius 2 is 2.14 bits per heavy atom. The number of piperidine rings is 1. The van der Waals surface area contributed by atoms with Crippen molar-refractivity contribution < 1.29 is 4.79 Å². The van der Waals surface area contributed by atoms with Crippen molar-refractivity contribution in [2.24, 2.45) is 5.92 Å². The van der Waals surface area contributed by atoms with Crippen molar-refractivity contribution >= 4 is 5.91 Å². The molecule has 0 spiro atoms. The van der Waals surface area contributed by atoms with Crippen molar-refractivity contribution in [2.45, 2.75) is 31.7 Å². The predicted molar refractivity (Wildman–Crippen MR) is 55.9 cm³/mol. The van der Waals surface area contributed by atoms with Gasteiger partial charge in [-0.1, -0.05) is 12.2 Å². The summed E-state index contributed by atoms with van der Waals surface area (Å²) in [6.07, 6.45) is 8.34. The zero-order valence-electron chi connectivity index (χ0n) is 8.46. The molecular formula is C11H18N2O. The summed E-state index contributed by atoms with van der Waals surface area (Å²) in [6, 6.07) is 0.358. The highest BCUT2D eigenvalue weighted by Gasteiger charge is 2.22. The second-order valence-corrected chi connectivity index (χ2v) is 4.19. The van der Waals surface area contributed by atoms with Crippen LogP contribution in [0.3, 0.4) is 0 Å². The molecule has 1 aliphatic heterocycles. The lowest BCUT2D eigenvalue weighted by molar-refractivity contribution is -0.125. The minimum Gasteiger partial charge on any atom is -0.352 e. The van der Waals surface area contributed by atoms with Gasteiger partial charge in [-0.15, -0.1) is 0 Å². The van der Waals surface area contributed by atoms with Gasteiger partial charge in [-0.2, -0.15) is 0 Å². The Bertz CT molecular complexity index is 223. The van der Waals surface area contributed by atoms with Crippen molar-refractivity contribution in [1.82, 2.24) is 10.6 Å². The third kappa shape index (κ3) is 2.35. The molecule has 0 bridgehead atoms. The molecule has 0 aromatic heterocycles. The molecule has 0 aromatic carbocycles. The highest BCUT2D eigenvalue weighted by molar-refractivity contribution is 5.79. The largest absolute Gasteiger partial charge is 0.352 e. The molecule has 3 heteroatoms. The lowest BCUT2D eigenvalue weighted by Crippen LogP contribution is -2.47. The molecule has 78 valence electrons. The Morgan fingerprint density at radius 3 is 2.79 bits per heavy atom. The van der Waals surface area contributed by atoms with Crippen LogP contribution in [0.2, 0.25) is 0 Å². The Kier molecular flexibility index (Phi) is 3.19. The van der Waals surface area contributed by atoms with E-state index < -0.39 is 0 Å². The van der Waals surface area contributed by atoms with E-state index in [1.54, 1.807) is 0 Å². The first-order valence-corrected chi connectivity index (χ1v) is 5.52. The molecule has 2 rings (SSSR count). The number of carbonyl (C=O) groups excluding carboxylic acids is 1. The van der Waals surface area contributed by atoms with Crippen LogP contribution in [0.5, 0.6) is 0 Å². The topological polar surface area (TPSA) is 41.1 Å². The van der Waals surface area contributed by atoms with Crippen LogP contribution < -0.4 is 10.6 Å². The van der Waals surface area contributed by atoms with Crippen LogP contribution in [0.4, 0.5) is 0 Å². The molecule has 2 N–H and O–H groups in total. The third-order valence-electron chi connectivity index (χ3n) is 3.02. The van der Waals surface area contributed by atoms with Gasteiger partial charge in [0.25, 0.3) is 0 Å². The number of amides is 1. The van der Waals surface area contributed by atoms with Crippen molar-refractivity contribution in [3.8, 4) is 0 Å². The zero-order valence-corrected chi connectivity index (χ0v) is 8.46. The number of nitrogens with one attached hydrogen (secondary N) is 2. The molecule has 0 aromatic rings. The fraction of sp³-hybridized carbons (Fsp3) is 0.727. The Balaban J connectivity index is 1.75. The van der Waals surface area contributed by atoms with Crippen molar-refractivity contribution in [2.75, 3.05) is 13.1 Å². The van der Waals surface area contributed by atoms with Crippen LogP contribution >= 0.6 is 0 Å². The van der Waals surface area contributed by atoms with E-state index in [1.165, 1.54) is 6.42 Å². The van der Waals surface area contributed by atoms with Gasteiger partial charge in [-0.3, -0.25) is 4.79 Å². The fourth-order valence-corrected chi connectivity index (χ4v) is 2.13. The number of hydrogen-bond donors (Lipinski definition) is 2.